The molecule has 27 heavy (non-hydrogen) atoms. The van der Waals surface area contributed by atoms with Crippen LogP contribution in [0.15, 0.2) is 53.1 Å². The SMILES string of the molecule is COc1ccc(NC(=O)CCCc2nc(-c3ccccc3)no2)c(OC)c1. The van der Waals surface area contributed by atoms with Crippen molar-refractivity contribution in [2.75, 3.05) is 19.5 Å². The number of nitrogens with zero attached hydrogens (tertiary/aromatic N) is 2. The van der Waals surface area contributed by atoms with E-state index in [0.29, 0.717) is 48.2 Å². The number of benzene rings is 2. The van der Waals surface area contributed by atoms with Crippen LogP contribution in [0.5, 0.6) is 11.5 Å². The fraction of sp³-hybridized carbons (Fsp3) is 0.250. The van der Waals surface area contributed by atoms with Crippen molar-refractivity contribution in [3.8, 4) is 22.9 Å². The molecule has 1 heterocycles. The first-order chi connectivity index (χ1) is 13.2. The van der Waals surface area contributed by atoms with Crippen LogP contribution in [0.3, 0.4) is 0 Å². The maximum atomic E-state index is 12.2. The van der Waals surface area contributed by atoms with E-state index in [-0.39, 0.29) is 5.91 Å². The number of carbonyl (C=O) groups is 1. The minimum absolute atomic E-state index is 0.110. The zero-order chi connectivity index (χ0) is 19.1. The molecule has 0 aliphatic heterocycles. The molecule has 0 fully saturated rings. The van der Waals surface area contributed by atoms with E-state index in [4.69, 9.17) is 14.0 Å². The first-order valence-electron chi connectivity index (χ1n) is 8.59. The Kier molecular flexibility index (Phi) is 6.04. The topological polar surface area (TPSA) is 86.5 Å². The third-order valence-corrected chi connectivity index (χ3v) is 3.98. The summed E-state index contributed by atoms with van der Waals surface area (Å²) in [5, 5.41) is 6.82. The largest absolute Gasteiger partial charge is 0.497 e. The molecule has 0 atom stereocenters. The molecule has 0 saturated carbocycles. The Morgan fingerprint density at radius 2 is 1.93 bits per heavy atom. The molecule has 3 rings (SSSR count). The van der Waals surface area contributed by atoms with Crippen LogP contribution in [-0.2, 0) is 11.2 Å². The molecule has 3 aromatic rings. The van der Waals surface area contributed by atoms with Gasteiger partial charge < -0.3 is 19.3 Å². The van der Waals surface area contributed by atoms with Crippen molar-refractivity contribution >= 4 is 11.6 Å². The van der Waals surface area contributed by atoms with E-state index in [1.165, 1.54) is 0 Å². The Bertz CT molecular complexity index is 893. The number of methoxy groups -OCH3 is 2. The second-order valence-corrected chi connectivity index (χ2v) is 5.85. The highest BCUT2D eigenvalue weighted by Gasteiger charge is 2.11. The molecule has 7 heteroatoms. The van der Waals surface area contributed by atoms with Crippen LogP contribution in [0, 0.1) is 0 Å². The van der Waals surface area contributed by atoms with Gasteiger partial charge in [-0.05, 0) is 18.6 Å². The van der Waals surface area contributed by atoms with Gasteiger partial charge in [0.1, 0.15) is 11.5 Å². The highest BCUT2D eigenvalue weighted by molar-refractivity contribution is 5.92. The van der Waals surface area contributed by atoms with E-state index in [1.807, 2.05) is 30.3 Å². The Morgan fingerprint density at radius 1 is 1.11 bits per heavy atom. The summed E-state index contributed by atoms with van der Waals surface area (Å²) in [7, 11) is 3.12. The number of hydrogen-bond donors (Lipinski definition) is 1. The summed E-state index contributed by atoms with van der Waals surface area (Å²) in [4.78, 5) is 16.6. The van der Waals surface area contributed by atoms with Gasteiger partial charge in [-0.15, -0.1) is 0 Å². The number of carbonyl (C=O) groups excluding carboxylic acids is 1. The predicted molar refractivity (Wildman–Crippen MR) is 101 cm³/mol. The fourth-order valence-corrected chi connectivity index (χ4v) is 2.58. The molecule has 0 aliphatic carbocycles. The van der Waals surface area contributed by atoms with Crippen molar-refractivity contribution in [1.82, 2.24) is 10.1 Å². The number of amides is 1. The summed E-state index contributed by atoms with van der Waals surface area (Å²) in [5.41, 5.74) is 1.50. The molecule has 0 aliphatic rings. The normalized spacial score (nSPS) is 10.4. The first kappa shape index (κ1) is 18.4. The summed E-state index contributed by atoms with van der Waals surface area (Å²) < 4.78 is 15.7. The molecule has 0 bridgehead atoms. The number of ether oxygens (including phenoxy) is 2. The van der Waals surface area contributed by atoms with E-state index in [2.05, 4.69) is 15.5 Å². The summed E-state index contributed by atoms with van der Waals surface area (Å²) in [6, 6.07) is 14.8. The quantitative estimate of drug-likeness (QED) is 0.653. The lowest BCUT2D eigenvalue weighted by molar-refractivity contribution is -0.116. The summed E-state index contributed by atoms with van der Waals surface area (Å²) >= 11 is 0. The van der Waals surface area contributed by atoms with Crippen molar-refractivity contribution in [2.45, 2.75) is 19.3 Å². The molecule has 7 nitrogen and oxygen atoms in total. The lowest BCUT2D eigenvalue weighted by atomic mass is 10.2. The predicted octanol–water partition coefficient (Wildman–Crippen LogP) is 3.72. The highest BCUT2D eigenvalue weighted by Crippen LogP contribution is 2.29. The lowest BCUT2D eigenvalue weighted by Crippen LogP contribution is -2.12. The van der Waals surface area contributed by atoms with E-state index >= 15 is 0 Å². The average molecular weight is 367 g/mol. The molecule has 0 unspecified atom stereocenters. The number of hydrogen-bond acceptors (Lipinski definition) is 6. The van der Waals surface area contributed by atoms with Crippen molar-refractivity contribution in [3.63, 3.8) is 0 Å². The van der Waals surface area contributed by atoms with Gasteiger partial charge in [-0.1, -0.05) is 35.5 Å². The first-order valence-corrected chi connectivity index (χ1v) is 8.59. The third kappa shape index (κ3) is 4.84. The standard InChI is InChI=1S/C20H21N3O4/c1-25-15-11-12-16(17(13-15)26-2)21-18(24)9-6-10-19-22-20(23-27-19)14-7-4-3-5-8-14/h3-5,7-8,11-13H,6,9-10H2,1-2H3,(H,21,24). The maximum absolute atomic E-state index is 12.2. The van der Waals surface area contributed by atoms with Crippen LogP contribution in [0.2, 0.25) is 0 Å². The molecule has 0 saturated heterocycles. The number of aryl methyl sites for hydroxylation is 1. The molecule has 1 N–H and O–H groups in total. The summed E-state index contributed by atoms with van der Waals surface area (Å²) in [6.45, 7) is 0. The van der Waals surface area contributed by atoms with Gasteiger partial charge >= 0.3 is 0 Å². The molecule has 1 amide bonds. The van der Waals surface area contributed by atoms with E-state index in [9.17, 15) is 4.79 Å². The van der Waals surface area contributed by atoms with Crippen LogP contribution in [0.1, 0.15) is 18.7 Å². The highest BCUT2D eigenvalue weighted by atomic mass is 16.5. The fourth-order valence-electron chi connectivity index (χ4n) is 2.58. The van der Waals surface area contributed by atoms with E-state index in [0.717, 1.165) is 5.56 Å². The molecular weight excluding hydrogens is 346 g/mol. The second-order valence-electron chi connectivity index (χ2n) is 5.85. The smallest absolute Gasteiger partial charge is 0.226 e. The Balaban J connectivity index is 1.51. The van der Waals surface area contributed by atoms with Gasteiger partial charge in [-0.3, -0.25) is 4.79 Å². The molecule has 2 aromatic carbocycles. The Labute approximate surface area is 157 Å². The van der Waals surface area contributed by atoms with Gasteiger partial charge in [0, 0.05) is 24.5 Å². The van der Waals surface area contributed by atoms with Crippen LogP contribution < -0.4 is 14.8 Å². The van der Waals surface area contributed by atoms with E-state index < -0.39 is 0 Å². The van der Waals surface area contributed by atoms with Crippen LogP contribution in [0.4, 0.5) is 5.69 Å². The zero-order valence-corrected chi connectivity index (χ0v) is 15.3. The number of anilines is 1. The zero-order valence-electron chi connectivity index (χ0n) is 15.3. The third-order valence-electron chi connectivity index (χ3n) is 3.98. The lowest BCUT2D eigenvalue weighted by Gasteiger charge is -2.11. The molecule has 0 spiro atoms. The molecule has 1 aromatic heterocycles. The van der Waals surface area contributed by atoms with Gasteiger partial charge in [0.05, 0.1) is 19.9 Å². The van der Waals surface area contributed by atoms with Crippen molar-refractivity contribution in [3.05, 3.63) is 54.4 Å². The van der Waals surface area contributed by atoms with Crippen LogP contribution in [-0.4, -0.2) is 30.3 Å². The number of rotatable bonds is 8. The van der Waals surface area contributed by atoms with Gasteiger partial charge in [0.25, 0.3) is 0 Å². The molecule has 140 valence electrons. The van der Waals surface area contributed by atoms with Gasteiger partial charge in [0.2, 0.25) is 17.6 Å². The van der Waals surface area contributed by atoms with Crippen LogP contribution >= 0.6 is 0 Å². The molecular formula is C20H21N3O4. The van der Waals surface area contributed by atoms with Gasteiger partial charge in [-0.2, -0.15) is 4.98 Å². The Hall–Kier alpha value is -3.35. The minimum Gasteiger partial charge on any atom is -0.497 e. The second kappa shape index (κ2) is 8.84. The van der Waals surface area contributed by atoms with Gasteiger partial charge in [0.15, 0.2) is 0 Å². The number of nitrogens with one attached hydrogen (secondary N) is 1. The maximum Gasteiger partial charge on any atom is 0.226 e. The summed E-state index contributed by atoms with van der Waals surface area (Å²) in [6.07, 6.45) is 1.46. The molecule has 0 radical (unpaired) electrons. The minimum atomic E-state index is -0.110. The van der Waals surface area contributed by atoms with Crippen molar-refractivity contribution < 1.29 is 18.8 Å². The van der Waals surface area contributed by atoms with Gasteiger partial charge in [-0.25, -0.2) is 0 Å². The summed E-state index contributed by atoms with van der Waals surface area (Å²) in [5.74, 6) is 2.17. The monoisotopic (exact) mass is 367 g/mol. The van der Waals surface area contributed by atoms with Crippen LogP contribution in [0.25, 0.3) is 11.4 Å². The average Bonchev–Trinajstić information content (AvgIpc) is 3.18. The Morgan fingerprint density at radius 3 is 2.67 bits per heavy atom. The van der Waals surface area contributed by atoms with Crippen molar-refractivity contribution in [1.29, 1.82) is 0 Å². The number of aromatic nitrogens is 2. The van der Waals surface area contributed by atoms with Crippen molar-refractivity contribution in [2.24, 2.45) is 0 Å². The van der Waals surface area contributed by atoms with E-state index in [1.54, 1.807) is 32.4 Å².